The molecule has 0 saturated carbocycles. The van der Waals surface area contributed by atoms with Crippen molar-refractivity contribution >= 4 is 0 Å². The summed E-state index contributed by atoms with van der Waals surface area (Å²) in [7, 11) is 0. The average molecular weight is 304 g/mol. The van der Waals surface area contributed by atoms with Crippen LogP contribution in [0.3, 0.4) is 0 Å². The van der Waals surface area contributed by atoms with Gasteiger partial charge in [-0.1, -0.05) is 0 Å². The van der Waals surface area contributed by atoms with E-state index in [-0.39, 0.29) is 0 Å². The highest BCUT2D eigenvalue weighted by Crippen LogP contribution is 2.31. The monoisotopic (exact) mass is 304 g/mol. The minimum absolute atomic E-state index is 0.349. The Morgan fingerprint density at radius 2 is 1.45 bits per heavy atom. The quantitative estimate of drug-likeness (QED) is 0.748. The van der Waals surface area contributed by atoms with Crippen LogP contribution in [0.25, 0.3) is 11.3 Å². The number of aromatic amines is 1. The molecular formula is C16H11F3N2O. The maximum atomic E-state index is 12.5. The van der Waals surface area contributed by atoms with Crippen LogP contribution < -0.4 is 4.74 Å². The minimum atomic E-state index is -4.34. The first-order valence-electron chi connectivity index (χ1n) is 6.46. The summed E-state index contributed by atoms with van der Waals surface area (Å²) in [5.74, 6) is 0.894. The van der Waals surface area contributed by atoms with E-state index in [2.05, 4.69) is 9.97 Å². The summed E-state index contributed by atoms with van der Waals surface area (Å²) >= 11 is 0. The highest BCUT2D eigenvalue weighted by molar-refractivity contribution is 5.59. The van der Waals surface area contributed by atoms with Crippen molar-refractivity contribution in [1.82, 2.24) is 9.97 Å². The first-order chi connectivity index (χ1) is 10.5. The van der Waals surface area contributed by atoms with E-state index in [4.69, 9.17) is 4.74 Å². The summed E-state index contributed by atoms with van der Waals surface area (Å²) in [6.07, 6.45) is -1.06. The molecular weight excluding hydrogens is 293 g/mol. The van der Waals surface area contributed by atoms with Gasteiger partial charge in [-0.05, 0) is 54.1 Å². The second-order valence-corrected chi connectivity index (χ2v) is 4.61. The van der Waals surface area contributed by atoms with Gasteiger partial charge in [-0.2, -0.15) is 13.2 Å². The van der Waals surface area contributed by atoms with Crippen LogP contribution in [-0.4, -0.2) is 9.97 Å². The van der Waals surface area contributed by atoms with Crippen molar-refractivity contribution in [2.45, 2.75) is 6.18 Å². The maximum Gasteiger partial charge on any atom is 0.416 e. The van der Waals surface area contributed by atoms with E-state index in [0.717, 1.165) is 23.4 Å². The average Bonchev–Trinajstić information content (AvgIpc) is 3.02. The molecule has 0 spiro atoms. The molecule has 22 heavy (non-hydrogen) atoms. The van der Waals surface area contributed by atoms with Gasteiger partial charge >= 0.3 is 6.18 Å². The third-order valence-corrected chi connectivity index (χ3v) is 3.08. The molecule has 1 heterocycles. The molecule has 0 radical (unpaired) electrons. The van der Waals surface area contributed by atoms with Crippen LogP contribution >= 0.6 is 0 Å². The highest BCUT2D eigenvalue weighted by Gasteiger charge is 2.30. The fourth-order valence-corrected chi connectivity index (χ4v) is 1.96. The molecule has 0 aliphatic carbocycles. The van der Waals surface area contributed by atoms with Crippen LogP contribution in [0.15, 0.2) is 61.1 Å². The van der Waals surface area contributed by atoms with Gasteiger partial charge in [-0.25, -0.2) is 4.98 Å². The van der Waals surface area contributed by atoms with E-state index in [1.807, 2.05) is 12.1 Å². The van der Waals surface area contributed by atoms with Crippen molar-refractivity contribution in [2.75, 3.05) is 0 Å². The highest BCUT2D eigenvalue weighted by atomic mass is 19.4. The van der Waals surface area contributed by atoms with Crippen LogP contribution in [0.4, 0.5) is 13.2 Å². The second-order valence-electron chi connectivity index (χ2n) is 4.61. The number of ether oxygens (including phenoxy) is 1. The van der Waals surface area contributed by atoms with Gasteiger partial charge in [0.1, 0.15) is 11.5 Å². The number of H-pyrrole nitrogens is 1. The number of hydrogen-bond acceptors (Lipinski definition) is 2. The van der Waals surface area contributed by atoms with E-state index in [9.17, 15) is 13.2 Å². The number of aromatic nitrogens is 2. The SMILES string of the molecule is FC(F)(F)c1ccc(Oc2ccc(-c3cnc[nH]3)cc2)cc1. The second kappa shape index (κ2) is 5.55. The van der Waals surface area contributed by atoms with Gasteiger partial charge in [0.05, 0.1) is 23.8 Å². The van der Waals surface area contributed by atoms with Gasteiger partial charge in [0.15, 0.2) is 0 Å². The fourth-order valence-electron chi connectivity index (χ4n) is 1.96. The van der Waals surface area contributed by atoms with Gasteiger partial charge in [0.25, 0.3) is 0 Å². The van der Waals surface area contributed by atoms with Crippen molar-refractivity contribution in [2.24, 2.45) is 0 Å². The maximum absolute atomic E-state index is 12.5. The van der Waals surface area contributed by atoms with E-state index in [1.54, 1.807) is 24.7 Å². The zero-order chi connectivity index (χ0) is 15.6. The molecule has 6 heteroatoms. The van der Waals surface area contributed by atoms with E-state index < -0.39 is 11.7 Å². The number of hydrogen-bond donors (Lipinski definition) is 1. The predicted molar refractivity (Wildman–Crippen MR) is 75.5 cm³/mol. The normalized spacial score (nSPS) is 11.4. The van der Waals surface area contributed by atoms with E-state index in [1.165, 1.54) is 12.1 Å². The molecule has 3 aromatic rings. The largest absolute Gasteiger partial charge is 0.457 e. The standard InChI is InChI=1S/C16H11F3N2O/c17-16(18,19)12-3-7-14(8-4-12)22-13-5-1-11(2-6-13)15-9-20-10-21-15/h1-10H,(H,20,21). The van der Waals surface area contributed by atoms with Crippen LogP contribution in [0.5, 0.6) is 11.5 Å². The molecule has 0 bridgehead atoms. The summed E-state index contributed by atoms with van der Waals surface area (Å²) in [6.45, 7) is 0. The lowest BCUT2D eigenvalue weighted by atomic mass is 10.1. The summed E-state index contributed by atoms with van der Waals surface area (Å²) in [6, 6.07) is 11.8. The molecule has 3 nitrogen and oxygen atoms in total. The summed E-state index contributed by atoms with van der Waals surface area (Å²) < 4.78 is 43.0. The Balaban J connectivity index is 1.73. The third-order valence-electron chi connectivity index (χ3n) is 3.08. The molecule has 0 fully saturated rings. The van der Waals surface area contributed by atoms with Gasteiger partial charge < -0.3 is 9.72 Å². The topological polar surface area (TPSA) is 37.9 Å². The first-order valence-corrected chi connectivity index (χ1v) is 6.46. The Morgan fingerprint density at radius 1 is 0.864 bits per heavy atom. The van der Waals surface area contributed by atoms with Gasteiger partial charge in [0.2, 0.25) is 0 Å². The minimum Gasteiger partial charge on any atom is -0.457 e. The number of rotatable bonds is 3. The molecule has 0 atom stereocenters. The lowest BCUT2D eigenvalue weighted by Gasteiger charge is -2.09. The van der Waals surface area contributed by atoms with Crippen molar-refractivity contribution in [3.63, 3.8) is 0 Å². The number of nitrogens with zero attached hydrogens (tertiary/aromatic N) is 1. The Kier molecular flexibility index (Phi) is 3.58. The van der Waals surface area contributed by atoms with Gasteiger partial charge in [0, 0.05) is 0 Å². The van der Waals surface area contributed by atoms with Crippen LogP contribution in [0.2, 0.25) is 0 Å². The molecule has 112 valence electrons. The first kappa shape index (κ1) is 14.2. The molecule has 0 aliphatic rings. The Bertz CT molecular complexity index is 733. The summed E-state index contributed by atoms with van der Waals surface area (Å²) in [5, 5.41) is 0. The van der Waals surface area contributed by atoms with Gasteiger partial charge in [-0.15, -0.1) is 0 Å². The van der Waals surface area contributed by atoms with Crippen molar-refractivity contribution in [3.8, 4) is 22.8 Å². The molecule has 0 amide bonds. The van der Waals surface area contributed by atoms with Crippen molar-refractivity contribution in [3.05, 3.63) is 66.6 Å². The predicted octanol–water partition coefficient (Wildman–Crippen LogP) is 4.89. The zero-order valence-corrected chi connectivity index (χ0v) is 11.3. The molecule has 3 rings (SSSR count). The smallest absolute Gasteiger partial charge is 0.416 e. The fraction of sp³-hybridized carbons (Fsp3) is 0.0625. The molecule has 2 aromatic carbocycles. The number of benzene rings is 2. The number of halogens is 3. The number of alkyl halides is 3. The number of nitrogens with one attached hydrogen (secondary N) is 1. The Morgan fingerprint density at radius 3 is 1.95 bits per heavy atom. The van der Waals surface area contributed by atoms with E-state index in [0.29, 0.717) is 11.5 Å². The van der Waals surface area contributed by atoms with E-state index >= 15 is 0 Å². The summed E-state index contributed by atoms with van der Waals surface area (Å²) in [5.41, 5.74) is 1.12. The van der Waals surface area contributed by atoms with Gasteiger partial charge in [-0.3, -0.25) is 0 Å². The molecule has 1 N–H and O–H groups in total. The lowest BCUT2D eigenvalue weighted by Crippen LogP contribution is -2.03. The molecule has 0 aliphatic heterocycles. The third kappa shape index (κ3) is 3.11. The molecule has 0 unspecified atom stereocenters. The lowest BCUT2D eigenvalue weighted by molar-refractivity contribution is -0.137. The molecule has 1 aromatic heterocycles. The van der Waals surface area contributed by atoms with Crippen molar-refractivity contribution in [1.29, 1.82) is 0 Å². The van der Waals surface area contributed by atoms with Crippen molar-refractivity contribution < 1.29 is 17.9 Å². The van der Waals surface area contributed by atoms with Crippen LogP contribution in [0.1, 0.15) is 5.56 Å². The Labute approximate surface area is 124 Å². The van der Waals surface area contributed by atoms with Crippen LogP contribution in [0, 0.1) is 0 Å². The number of imidazole rings is 1. The van der Waals surface area contributed by atoms with Crippen LogP contribution in [-0.2, 0) is 6.18 Å². The molecule has 0 saturated heterocycles. The Hall–Kier alpha value is -2.76. The zero-order valence-electron chi connectivity index (χ0n) is 11.3. The summed E-state index contributed by atoms with van der Waals surface area (Å²) in [4.78, 5) is 6.92.